The minimum Gasteiger partial charge on any atom is -0.399 e. The van der Waals surface area contributed by atoms with Crippen molar-refractivity contribution < 1.29 is 0 Å². The number of thiazole rings is 1. The maximum Gasteiger partial charge on any atom is 0.0907 e. The van der Waals surface area contributed by atoms with E-state index in [1.54, 1.807) is 11.3 Å². The zero-order chi connectivity index (χ0) is 11.8. The van der Waals surface area contributed by atoms with Gasteiger partial charge in [0.1, 0.15) is 0 Å². The van der Waals surface area contributed by atoms with E-state index in [2.05, 4.69) is 29.2 Å². The molecule has 2 aromatic carbocycles. The number of hydrogen-bond donors (Lipinski definition) is 1. The van der Waals surface area contributed by atoms with Crippen molar-refractivity contribution >= 4 is 27.2 Å². The fraction of sp³-hybridized carbons (Fsp3) is 0.0714. The Kier molecular flexibility index (Phi) is 2.34. The number of aromatic nitrogens is 1. The lowest BCUT2D eigenvalue weighted by Crippen LogP contribution is -1.84. The smallest absolute Gasteiger partial charge is 0.0907 e. The van der Waals surface area contributed by atoms with Crippen LogP contribution in [0.2, 0.25) is 0 Å². The Hall–Kier alpha value is -1.87. The van der Waals surface area contributed by atoms with Crippen LogP contribution in [-0.4, -0.2) is 4.98 Å². The predicted octanol–water partition coefficient (Wildman–Crippen LogP) is 3.85. The molecule has 0 aliphatic heterocycles. The first-order valence-electron chi connectivity index (χ1n) is 5.45. The highest BCUT2D eigenvalue weighted by atomic mass is 32.1. The Morgan fingerprint density at radius 1 is 1.06 bits per heavy atom. The fourth-order valence-corrected chi connectivity index (χ4v) is 2.80. The molecule has 84 valence electrons. The summed E-state index contributed by atoms with van der Waals surface area (Å²) in [6.45, 7) is 2.03. The van der Waals surface area contributed by atoms with Gasteiger partial charge in [-0.1, -0.05) is 18.2 Å². The second-order valence-corrected chi connectivity index (χ2v) is 5.28. The molecule has 0 saturated carbocycles. The summed E-state index contributed by atoms with van der Waals surface area (Å²) in [5.41, 5.74) is 10.0. The Bertz CT molecular complexity index is 686. The first-order chi connectivity index (χ1) is 8.22. The molecular weight excluding hydrogens is 228 g/mol. The summed E-state index contributed by atoms with van der Waals surface area (Å²) in [6, 6.07) is 14.3. The third-order valence-corrected chi connectivity index (χ3v) is 3.65. The van der Waals surface area contributed by atoms with E-state index >= 15 is 0 Å². The molecule has 0 radical (unpaired) electrons. The summed E-state index contributed by atoms with van der Waals surface area (Å²) >= 11 is 1.72. The average Bonchev–Trinajstić information content (AvgIpc) is 2.68. The van der Waals surface area contributed by atoms with E-state index in [4.69, 9.17) is 5.73 Å². The number of fused-ring (bicyclic) bond motifs is 1. The van der Waals surface area contributed by atoms with Crippen molar-refractivity contribution in [1.82, 2.24) is 4.98 Å². The van der Waals surface area contributed by atoms with Gasteiger partial charge in [-0.3, -0.25) is 0 Å². The summed E-state index contributed by atoms with van der Waals surface area (Å²) in [5.74, 6) is 0. The summed E-state index contributed by atoms with van der Waals surface area (Å²) < 4.78 is 1.22. The molecule has 0 amide bonds. The standard InChI is InChI=1S/C14H12N2S/c1-9-16-13-6-5-11(8-14(13)17-9)10-3-2-4-12(15)7-10/h2-8H,15H2,1H3. The lowest BCUT2D eigenvalue weighted by atomic mass is 10.1. The molecule has 0 aliphatic carbocycles. The van der Waals surface area contributed by atoms with Crippen LogP contribution in [0, 0.1) is 6.92 Å². The number of nitrogens with zero attached hydrogens (tertiary/aromatic N) is 1. The Balaban J connectivity index is 2.17. The minimum absolute atomic E-state index is 0.795. The highest BCUT2D eigenvalue weighted by molar-refractivity contribution is 7.18. The minimum atomic E-state index is 0.795. The van der Waals surface area contributed by atoms with Gasteiger partial charge in [-0.2, -0.15) is 0 Å². The number of rotatable bonds is 1. The van der Waals surface area contributed by atoms with Crippen LogP contribution in [0.5, 0.6) is 0 Å². The van der Waals surface area contributed by atoms with Gasteiger partial charge in [-0.25, -0.2) is 4.98 Å². The van der Waals surface area contributed by atoms with Crippen LogP contribution in [0.25, 0.3) is 21.3 Å². The second-order valence-electron chi connectivity index (χ2n) is 4.04. The van der Waals surface area contributed by atoms with Crippen LogP contribution in [0.3, 0.4) is 0 Å². The topological polar surface area (TPSA) is 38.9 Å². The molecule has 2 nitrogen and oxygen atoms in total. The van der Waals surface area contributed by atoms with Gasteiger partial charge in [0, 0.05) is 5.69 Å². The van der Waals surface area contributed by atoms with E-state index in [1.807, 2.05) is 25.1 Å². The van der Waals surface area contributed by atoms with Crippen LogP contribution < -0.4 is 5.73 Å². The fourth-order valence-electron chi connectivity index (χ4n) is 1.94. The normalized spacial score (nSPS) is 10.9. The summed E-state index contributed by atoms with van der Waals surface area (Å²) in [4.78, 5) is 4.46. The maximum atomic E-state index is 5.80. The van der Waals surface area contributed by atoms with Crippen LogP contribution >= 0.6 is 11.3 Å². The molecule has 3 heteroatoms. The molecule has 1 heterocycles. The molecule has 3 aromatic rings. The predicted molar refractivity (Wildman–Crippen MR) is 74.2 cm³/mol. The lowest BCUT2D eigenvalue weighted by molar-refractivity contribution is 1.35. The van der Waals surface area contributed by atoms with Gasteiger partial charge in [0.25, 0.3) is 0 Å². The maximum absolute atomic E-state index is 5.80. The van der Waals surface area contributed by atoms with Crippen molar-refractivity contribution in [3.63, 3.8) is 0 Å². The highest BCUT2D eigenvalue weighted by Crippen LogP contribution is 2.28. The van der Waals surface area contributed by atoms with Crippen molar-refractivity contribution in [1.29, 1.82) is 0 Å². The highest BCUT2D eigenvalue weighted by Gasteiger charge is 2.03. The summed E-state index contributed by atoms with van der Waals surface area (Å²) in [6.07, 6.45) is 0. The van der Waals surface area contributed by atoms with E-state index < -0.39 is 0 Å². The largest absolute Gasteiger partial charge is 0.399 e. The number of nitrogen functional groups attached to an aromatic ring is 1. The van der Waals surface area contributed by atoms with E-state index in [9.17, 15) is 0 Å². The number of anilines is 1. The van der Waals surface area contributed by atoms with E-state index in [-0.39, 0.29) is 0 Å². The van der Waals surface area contributed by atoms with Crippen molar-refractivity contribution in [3.05, 3.63) is 47.5 Å². The Morgan fingerprint density at radius 2 is 1.88 bits per heavy atom. The molecule has 0 bridgehead atoms. The van der Waals surface area contributed by atoms with E-state index in [0.29, 0.717) is 0 Å². The lowest BCUT2D eigenvalue weighted by Gasteiger charge is -2.02. The van der Waals surface area contributed by atoms with Gasteiger partial charge in [0.05, 0.1) is 15.2 Å². The molecule has 17 heavy (non-hydrogen) atoms. The second kappa shape index (κ2) is 3.86. The monoisotopic (exact) mass is 240 g/mol. The molecule has 2 N–H and O–H groups in total. The van der Waals surface area contributed by atoms with Gasteiger partial charge < -0.3 is 5.73 Å². The van der Waals surface area contributed by atoms with E-state index in [0.717, 1.165) is 21.8 Å². The molecular formula is C14H12N2S. The van der Waals surface area contributed by atoms with Crippen LogP contribution in [-0.2, 0) is 0 Å². The van der Waals surface area contributed by atoms with Crippen molar-refractivity contribution in [2.24, 2.45) is 0 Å². The molecule has 0 atom stereocenters. The van der Waals surface area contributed by atoms with Gasteiger partial charge in [-0.05, 0) is 42.3 Å². The molecule has 0 fully saturated rings. The van der Waals surface area contributed by atoms with Gasteiger partial charge >= 0.3 is 0 Å². The molecule has 0 saturated heterocycles. The molecule has 0 unspecified atom stereocenters. The van der Waals surface area contributed by atoms with Crippen molar-refractivity contribution in [3.8, 4) is 11.1 Å². The zero-order valence-corrected chi connectivity index (χ0v) is 10.3. The SMILES string of the molecule is Cc1nc2ccc(-c3cccc(N)c3)cc2s1. The first-order valence-corrected chi connectivity index (χ1v) is 6.27. The van der Waals surface area contributed by atoms with Gasteiger partial charge in [0.2, 0.25) is 0 Å². The molecule has 0 aliphatic rings. The van der Waals surface area contributed by atoms with E-state index in [1.165, 1.54) is 10.3 Å². The summed E-state index contributed by atoms with van der Waals surface area (Å²) in [7, 11) is 0. The van der Waals surface area contributed by atoms with Crippen molar-refractivity contribution in [2.75, 3.05) is 5.73 Å². The molecule has 3 rings (SSSR count). The first kappa shape index (κ1) is 10.3. The van der Waals surface area contributed by atoms with Crippen LogP contribution in [0.1, 0.15) is 5.01 Å². The number of nitrogens with two attached hydrogens (primary N) is 1. The third kappa shape index (κ3) is 1.89. The quantitative estimate of drug-likeness (QED) is 0.656. The van der Waals surface area contributed by atoms with Crippen molar-refractivity contribution in [2.45, 2.75) is 6.92 Å². The van der Waals surface area contributed by atoms with Gasteiger partial charge in [-0.15, -0.1) is 11.3 Å². The number of benzene rings is 2. The zero-order valence-electron chi connectivity index (χ0n) is 9.47. The van der Waals surface area contributed by atoms with Crippen LogP contribution in [0.15, 0.2) is 42.5 Å². The number of aryl methyl sites for hydroxylation is 1. The number of hydrogen-bond acceptors (Lipinski definition) is 3. The Labute approximate surface area is 104 Å². The molecule has 0 spiro atoms. The summed E-state index contributed by atoms with van der Waals surface area (Å²) in [5, 5.41) is 1.10. The third-order valence-electron chi connectivity index (χ3n) is 2.72. The Morgan fingerprint density at radius 3 is 2.71 bits per heavy atom. The average molecular weight is 240 g/mol. The van der Waals surface area contributed by atoms with Gasteiger partial charge in [0.15, 0.2) is 0 Å². The molecule has 1 aromatic heterocycles. The van der Waals surface area contributed by atoms with Crippen LogP contribution in [0.4, 0.5) is 5.69 Å².